The van der Waals surface area contributed by atoms with Crippen molar-refractivity contribution in [3.8, 4) is 11.5 Å². The zero-order valence-corrected chi connectivity index (χ0v) is 16.6. The molecule has 0 bridgehead atoms. The first-order valence-electron chi connectivity index (χ1n) is 10.7. The van der Waals surface area contributed by atoms with Crippen LogP contribution >= 0.6 is 0 Å². The van der Waals surface area contributed by atoms with Gasteiger partial charge in [-0.3, -0.25) is 0 Å². The van der Waals surface area contributed by atoms with Crippen molar-refractivity contribution in [2.75, 3.05) is 0 Å². The molecule has 3 atom stereocenters. The summed E-state index contributed by atoms with van der Waals surface area (Å²) >= 11 is 0. The van der Waals surface area contributed by atoms with E-state index in [0.717, 1.165) is 22.4 Å². The van der Waals surface area contributed by atoms with Crippen molar-refractivity contribution in [2.45, 2.75) is 12.1 Å². The molecule has 3 aliphatic heterocycles. The molecule has 146 valence electrons. The highest BCUT2D eigenvalue weighted by Gasteiger charge is 2.69. The quantitative estimate of drug-likeness (QED) is 0.316. The number of rotatable bonds is 0. The maximum atomic E-state index is 6.84. The number of aromatic nitrogens is 1. The Kier molecular flexibility index (Phi) is 2.67. The fourth-order valence-corrected chi connectivity index (χ4v) is 5.75. The largest absolute Gasteiger partial charge is 0.709 e. The Morgan fingerprint density at radius 3 is 2.65 bits per heavy atom. The molecule has 2 unspecified atom stereocenters. The third-order valence-corrected chi connectivity index (χ3v) is 7.02. The normalized spacial score (nSPS) is 26.0. The van der Waals surface area contributed by atoms with Crippen molar-refractivity contribution in [3.05, 3.63) is 96.2 Å². The van der Waals surface area contributed by atoms with Gasteiger partial charge in [0.05, 0.1) is 16.9 Å². The Bertz CT molecular complexity index is 1560. The Morgan fingerprint density at radius 1 is 0.806 bits per heavy atom. The minimum absolute atomic E-state index is 0.113. The standard InChI is InChI=1S/C27H18N2O2/c1-5-17-11-13-19-7-3-15-28-25(19)23(17)21(9-1)30-27(28)29-16-4-8-20-14-12-18-6-2-10-22(31-27)24(18)26(20)29/h1-16,19,25H/q+2/t19?,25?,27-/m0/s1. The van der Waals surface area contributed by atoms with E-state index in [1.165, 1.54) is 21.9 Å². The summed E-state index contributed by atoms with van der Waals surface area (Å²) in [6.45, 7) is 0. The van der Waals surface area contributed by atoms with Gasteiger partial charge in [0.15, 0.2) is 18.2 Å². The van der Waals surface area contributed by atoms with E-state index < -0.39 is 6.03 Å². The molecule has 0 saturated heterocycles. The second-order valence-electron chi connectivity index (χ2n) is 8.57. The highest BCUT2D eigenvalue weighted by atomic mass is 16.7. The summed E-state index contributed by atoms with van der Waals surface area (Å²) in [5.74, 6) is 1.99. The van der Waals surface area contributed by atoms with Crippen LogP contribution in [0.15, 0.2) is 85.1 Å². The molecule has 0 N–H and O–H groups in total. The van der Waals surface area contributed by atoms with Gasteiger partial charge in [-0.25, -0.2) is 0 Å². The number of hydrogen-bond acceptors (Lipinski definition) is 2. The molecule has 4 heteroatoms. The van der Waals surface area contributed by atoms with E-state index in [4.69, 9.17) is 9.47 Å². The predicted octanol–water partition coefficient (Wildman–Crippen LogP) is 4.67. The van der Waals surface area contributed by atoms with Crippen LogP contribution in [0.1, 0.15) is 17.2 Å². The number of allylic oxidation sites excluding steroid dienone is 1. The number of ether oxygens (including phenoxy) is 2. The second kappa shape index (κ2) is 5.22. The summed E-state index contributed by atoms with van der Waals surface area (Å²) in [6, 6.07) is 20.1. The van der Waals surface area contributed by atoms with Crippen molar-refractivity contribution in [3.63, 3.8) is 0 Å². The van der Waals surface area contributed by atoms with E-state index >= 15 is 0 Å². The predicted molar refractivity (Wildman–Crippen MR) is 118 cm³/mol. The van der Waals surface area contributed by atoms with Crippen LogP contribution in [0.5, 0.6) is 11.5 Å². The highest BCUT2D eigenvalue weighted by molar-refractivity contribution is 6.07. The molecule has 1 aliphatic carbocycles. The Morgan fingerprint density at radius 2 is 1.65 bits per heavy atom. The lowest BCUT2D eigenvalue weighted by atomic mass is 9.81. The maximum Gasteiger partial charge on any atom is 0.709 e. The van der Waals surface area contributed by atoms with Gasteiger partial charge in [-0.05, 0) is 41.3 Å². The number of nitrogens with zero attached hydrogens (tertiary/aromatic N) is 2. The SMILES string of the molecule is C1=CC2C=Cc3cccc4c3C2[N+](=C1)[C@]1(O4)Oc2cccc3ccc4ccc[n+]1c4c23. The van der Waals surface area contributed by atoms with Crippen LogP contribution in [-0.4, -0.2) is 10.8 Å². The maximum absolute atomic E-state index is 6.84. The molecule has 4 nitrogen and oxygen atoms in total. The van der Waals surface area contributed by atoms with Crippen LogP contribution in [0.3, 0.4) is 0 Å². The lowest BCUT2D eigenvalue weighted by Crippen LogP contribution is -2.73. The summed E-state index contributed by atoms with van der Waals surface area (Å²) in [5.41, 5.74) is 3.57. The molecular weight excluding hydrogens is 384 g/mol. The number of pyridine rings is 1. The van der Waals surface area contributed by atoms with Gasteiger partial charge in [0.2, 0.25) is 11.6 Å². The minimum atomic E-state index is -1.13. The Balaban J connectivity index is 1.53. The van der Waals surface area contributed by atoms with E-state index in [9.17, 15) is 0 Å². The first kappa shape index (κ1) is 15.9. The van der Waals surface area contributed by atoms with Gasteiger partial charge < -0.3 is 9.47 Å². The molecule has 0 radical (unpaired) electrons. The van der Waals surface area contributed by atoms with Crippen LogP contribution < -0.4 is 14.0 Å². The van der Waals surface area contributed by atoms with Gasteiger partial charge in [0, 0.05) is 11.5 Å². The topological polar surface area (TPSA) is 25.3 Å². The molecular formula is C27H18N2O2+2. The second-order valence-corrected chi connectivity index (χ2v) is 8.57. The summed E-state index contributed by atoms with van der Waals surface area (Å²) in [6.07, 6.45) is 13.1. The van der Waals surface area contributed by atoms with Gasteiger partial charge in [-0.15, -0.1) is 0 Å². The van der Waals surface area contributed by atoms with Crippen LogP contribution in [-0.2, 0) is 6.03 Å². The van der Waals surface area contributed by atoms with Gasteiger partial charge in [-0.1, -0.05) is 57.7 Å². The smallest absolute Gasteiger partial charge is 0.340 e. The van der Waals surface area contributed by atoms with Gasteiger partial charge in [-0.2, -0.15) is 0 Å². The molecule has 3 aromatic carbocycles. The summed E-state index contributed by atoms with van der Waals surface area (Å²) in [5, 5.41) is 3.46. The number of benzene rings is 3. The first-order valence-corrected chi connectivity index (χ1v) is 10.7. The lowest BCUT2D eigenvalue weighted by molar-refractivity contribution is -1.01. The summed E-state index contributed by atoms with van der Waals surface area (Å²) < 4.78 is 18.1. The van der Waals surface area contributed by atoms with E-state index in [2.05, 4.69) is 100 Å². The number of fused-ring (bicyclic) bond motifs is 2. The first-order chi connectivity index (χ1) is 15.3. The monoisotopic (exact) mass is 402 g/mol. The third kappa shape index (κ3) is 1.78. The zero-order valence-electron chi connectivity index (χ0n) is 16.6. The fraction of sp³-hybridized carbons (Fsp3) is 0.111. The molecule has 1 aromatic heterocycles. The van der Waals surface area contributed by atoms with Gasteiger partial charge >= 0.3 is 6.03 Å². The third-order valence-electron chi connectivity index (χ3n) is 7.02. The molecule has 4 heterocycles. The van der Waals surface area contributed by atoms with Crippen molar-refractivity contribution < 1.29 is 18.6 Å². The minimum Gasteiger partial charge on any atom is -0.340 e. The van der Waals surface area contributed by atoms with Crippen molar-refractivity contribution >= 4 is 34.0 Å². The van der Waals surface area contributed by atoms with Gasteiger partial charge in [0.1, 0.15) is 5.75 Å². The van der Waals surface area contributed by atoms with E-state index in [1.54, 1.807) is 0 Å². The number of hydrogen-bond donors (Lipinski definition) is 0. The van der Waals surface area contributed by atoms with Crippen LogP contribution in [0.2, 0.25) is 0 Å². The van der Waals surface area contributed by atoms with Crippen LogP contribution in [0.4, 0.5) is 0 Å². The molecule has 8 rings (SSSR count). The average molecular weight is 402 g/mol. The van der Waals surface area contributed by atoms with Crippen molar-refractivity contribution in [1.82, 2.24) is 0 Å². The molecule has 0 amide bonds. The molecule has 4 aliphatic rings. The molecule has 0 saturated carbocycles. The van der Waals surface area contributed by atoms with E-state index in [0.29, 0.717) is 0 Å². The van der Waals surface area contributed by atoms with Crippen molar-refractivity contribution in [1.29, 1.82) is 0 Å². The zero-order chi connectivity index (χ0) is 20.2. The highest BCUT2D eigenvalue weighted by Crippen LogP contribution is 2.50. The Hall–Kier alpha value is -3.92. The lowest BCUT2D eigenvalue weighted by Gasteiger charge is -2.38. The van der Waals surface area contributed by atoms with E-state index in [1.807, 2.05) is 6.07 Å². The van der Waals surface area contributed by atoms with Gasteiger partial charge in [0.25, 0.3) is 0 Å². The molecule has 1 spiro atoms. The fourth-order valence-electron chi connectivity index (χ4n) is 5.75. The molecule has 31 heavy (non-hydrogen) atoms. The Labute approximate surface area is 178 Å². The van der Waals surface area contributed by atoms with E-state index in [-0.39, 0.29) is 12.0 Å². The summed E-state index contributed by atoms with van der Waals surface area (Å²) in [7, 11) is 0. The average Bonchev–Trinajstić information content (AvgIpc) is 2.82. The molecule has 4 aromatic rings. The summed E-state index contributed by atoms with van der Waals surface area (Å²) in [4.78, 5) is 0. The van der Waals surface area contributed by atoms with Crippen LogP contribution in [0, 0.1) is 5.92 Å². The van der Waals surface area contributed by atoms with Crippen molar-refractivity contribution in [2.24, 2.45) is 5.92 Å². The van der Waals surface area contributed by atoms with Crippen LogP contribution in [0.25, 0.3) is 27.8 Å². The molecule has 0 fully saturated rings.